The molecule has 0 spiro atoms. The van der Waals surface area contributed by atoms with Gasteiger partial charge in [-0.25, -0.2) is 14.6 Å². The first-order valence-electron chi connectivity index (χ1n) is 10.7. The van der Waals surface area contributed by atoms with E-state index in [2.05, 4.69) is 22.4 Å². The second-order valence-corrected chi connectivity index (χ2v) is 9.92. The molecule has 1 aromatic heterocycles. The number of thioether (sulfide) groups is 1. The van der Waals surface area contributed by atoms with Crippen molar-refractivity contribution >= 4 is 46.2 Å². The number of hydrogen-bond donors (Lipinski definition) is 2. The first kappa shape index (κ1) is 22.4. The van der Waals surface area contributed by atoms with Crippen LogP contribution in [-0.4, -0.2) is 63.7 Å². The van der Waals surface area contributed by atoms with E-state index in [1.807, 2.05) is 36.4 Å². The Morgan fingerprint density at radius 3 is 2.44 bits per heavy atom. The largest absolute Gasteiger partial charge is 0.480 e. The number of carbonyl (C=O) groups is 3. The van der Waals surface area contributed by atoms with E-state index in [9.17, 15) is 19.5 Å². The van der Waals surface area contributed by atoms with Crippen molar-refractivity contribution < 1.29 is 24.2 Å². The van der Waals surface area contributed by atoms with Crippen molar-refractivity contribution in [3.05, 3.63) is 70.7 Å². The quantitative estimate of drug-likeness (QED) is 0.547. The summed E-state index contributed by atoms with van der Waals surface area (Å²) in [5, 5.41) is 13.7. The van der Waals surface area contributed by atoms with Crippen molar-refractivity contribution in [3.63, 3.8) is 0 Å². The predicted octanol–water partition coefficient (Wildman–Crippen LogP) is 4.15. The molecule has 0 radical (unpaired) electrons. The van der Waals surface area contributed by atoms with Crippen LogP contribution in [0.25, 0.3) is 11.1 Å². The molecule has 1 fully saturated rings. The monoisotopic (exact) mass is 495 g/mol. The zero-order valence-corrected chi connectivity index (χ0v) is 19.6. The molecule has 1 unspecified atom stereocenters. The van der Waals surface area contributed by atoms with Crippen molar-refractivity contribution in [1.82, 2.24) is 9.88 Å². The van der Waals surface area contributed by atoms with E-state index in [1.54, 1.807) is 0 Å². The van der Waals surface area contributed by atoms with E-state index >= 15 is 0 Å². The maximum atomic E-state index is 12.8. The number of benzene rings is 2. The number of hydrogen-bond acceptors (Lipinski definition) is 7. The van der Waals surface area contributed by atoms with Crippen LogP contribution >= 0.6 is 23.1 Å². The molecule has 3 aromatic rings. The molecule has 8 nitrogen and oxygen atoms in total. The van der Waals surface area contributed by atoms with Crippen molar-refractivity contribution in [2.45, 2.75) is 12.0 Å². The van der Waals surface area contributed by atoms with Crippen LogP contribution in [0.3, 0.4) is 0 Å². The average molecular weight is 496 g/mol. The Kier molecular flexibility index (Phi) is 6.25. The average Bonchev–Trinajstić information content (AvgIpc) is 3.45. The first-order valence-corrected chi connectivity index (χ1v) is 12.8. The van der Waals surface area contributed by atoms with Crippen LogP contribution in [0.5, 0.6) is 0 Å². The smallest absolute Gasteiger partial charge is 0.413 e. The molecule has 2 N–H and O–H groups in total. The Morgan fingerprint density at radius 1 is 1.09 bits per heavy atom. The molecule has 0 bridgehead atoms. The van der Waals surface area contributed by atoms with Gasteiger partial charge in [-0.1, -0.05) is 48.5 Å². The summed E-state index contributed by atoms with van der Waals surface area (Å²) >= 11 is 2.59. The Morgan fingerprint density at radius 2 is 1.76 bits per heavy atom. The Hall–Kier alpha value is -3.37. The van der Waals surface area contributed by atoms with E-state index in [0.717, 1.165) is 33.6 Å². The number of aromatic nitrogens is 1. The maximum absolute atomic E-state index is 12.8. The maximum Gasteiger partial charge on any atom is 0.413 e. The molecule has 5 rings (SSSR count). The fraction of sp³-hybridized carbons (Fsp3) is 0.250. The molecular formula is C24H21N3O5S2. The number of amides is 2. The third-order valence-corrected chi connectivity index (χ3v) is 7.73. The van der Waals surface area contributed by atoms with Crippen LogP contribution in [0.1, 0.15) is 27.5 Å². The van der Waals surface area contributed by atoms with Gasteiger partial charge < -0.3 is 14.7 Å². The van der Waals surface area contributed by atoms with Crippen molar-refractivity contribution in [1.29, 1.82) is 0 Å². The van der Waals surface area contributed by atoms with Crippen molar-refractivity contribution in [2.24, 2.45) is 0 Å². The van der Waals surface area contributed by atoms with Gasteiger partial charge in [0, 0.05) is 29.3 Å². The lowest BCUT2D eigenvalue weighted by Crippen LogP contribution is -2.50. The zero-order valence-electron chi connectivity index (χ0n) is 18.0. The third-order valence-electron chi connectivity index (χ3n) is 5.95. The van der Waals surface area contributed by atoms with Gasteiger partial charge in [0.1, 0.15) is 18.3 Å². The first-order chi connectivity index (χ1) is 16.5. The SMILES string of the molecule is O=C(Nc1nc(C(=O)N2CCSCC2C(=O)O)cs1)OCC1c2ccccc2-c2ccccc21. The number of ether oxygens (including phenoxy) is 1. The topological polar surface area (TPSA) is 109 Å². The van der Waals surface area contributed by atoms with E-state index in [0.29, 0.717) is 18.1 Å². The highest BCUT2D eigenvalue weighted by molar-refractivity contribution is 7.99. The molecule has 174 valence electrons. The molecule has 1 aliphatic carbocycles. The van der Waals surface area contributed by atoms with Gasteiger partial charge in [-0.05, 0) is 22.3 Å². The second kappa shape index (κ2) is 9.47. The minimum atomic E-state index is -1.03. The lowest BCUT2D eigenvalue weighted by Gasteiger charge is -2.31. The number of carboxylic acids is 1. The molecule has 10 heteroatoms. The van der Waals surface area contributed by atoms with Gasteiger partial charge in [0.25, 0.3) is 5.91 Å². The number of fused-ring (bicyclic) bond motifs is 3. The molecule has 0 saturated carbocycles. The van der Waals surface area contributed by atoms with Crippen LogP contribution in [0.2, 0.25) is 0 Å². The summed E-state index contributed by atoms with van der Waals surface area (Å²) < 4.78 is 5.52. The highest BCUT2D eigenvalue weighted by Gasteiger charge is 2.34. The van der Waals surface area contributed by atoms with Gasteiger partial charge in [-0.3, -0.25) is 10.1 Å². The summed E-state index contributed by atoms with van der Waals surface area (Å²) in [6, 6.07) is 15.3. The van der Waals surface area contributed by atoms with Crippen molar-refractivity contribution in [3.8, 4) is 11.1 Å². The predicted molar refractivity (Wildman–Crippen MR) is 131 cm³/mol. The molecular weight excluding hydrogens is 474 g/mol. The molecule has 2 aliphatic rings. The minimum absolute atomic E-state index is 0.0588. The number of nitrogens with zero attached hydrogens (tertiary/aromatic N) is 2. The normalized spacial score (nSPS) is 17.1. The van der Waals surface area contributed by atoms with Gasteiger partial charge in [-0.2, -0.15) is 11.8 Å². The highest BCUT2D eigenvalue weighted by atomic mass is 32.2. The van der Waals surface area contributed by atoms with Crippen LogP contribution in [0.15, 0.2) is 53.9 Å². The molecule has 1 atom stereocenters. The van der Waals surface area contributed by atoms with Crippen LogP contribution < -0.4 is 5.32 Å². The van der Waals surface area contributed by atoms with Crippen molar-refractivity contribution in [2.75, 3.05) is 30.0 Å². The molecule has 2 aromatic carbocycles. The number of anilines is 1. The lowest BCUT2D eigenvalue weighted by molar-refractivity contribution is -0.141. The van der Waals surface area contributed by atoms with Gasteiger partial charge in [0.15, 0.2) is 5.13 Å². The summed E-state index contributed by atoms with van der Waals surface area (Å²) in [7, 11) is 0. The zero-order chi connectivity index (χ0) is 23.7. The number of aliphatic carboxylic acids is 1. The van der Waals surface area contributed by atoms with Gasteiger partial charge in [0.05, 0.1) is 0 Å². The fourth-order valence-electron chi connectivity index (χ4n) is 4.35. The highest BCUT2D eigenvalue weighted by Crippen LogP contribution is 2.44. The minimum Gasteiger partial charge on any atom is -0.480 e. The van der Waals surface area contributed by atoms with E-state index in [1.165, 1.54) is 22.0 Å². The number of carboxylic acid groups (broad SMARTS) is 1. The van der Waals surface area contributed by atoms with Gasteiger partial charge >= 0.3 is 12.1 Å². The summed E-state index contributed by atoms with van der Waals surface area (Å²) in [5.41, 5.74) is 4.63. The number of rotatable bonds is 5. The van der Waals surface area contributed by atoms with E-state index < -0.39 is 24.0 Å². The Balaban J connectivity index is 1.23. The Bertz CT molecular complexity index is 1220. The van der Waals surface area contributed by atoms with Gasteiger partial charge in [-0.15, -0.1) is 11.3 Å². The standard InChI is InChI=1S/C24H21N3O5S2/c28-21(27-9-10-33-13-20(27)22(29)30)19-12-34-23(25-19)26-24(31)32-11-18-16-7-3-1-5-14(16)15-6-2-4-8-17(15)18/h1-8,12,18,20H,9-11,13H2,(H,29,30)(H,25,26,31). The summed E-state index contributed by atoms with van der Waals surface area (Å²) in [5.74, 6) is -0.533. The summed E-state index contributed by atoms with van der Waals surface area (Å²) in [6.07, 6.45) is -0.659. The number of thiazole rings is 1. The van der Waals surface area contributed by atoms with Gasteiger partial charge in [0.2, 0.25) is 0 Å². The molecule has 1 saturated heterocycles. The number of carbonyl (C=O) groups excluding carboxylic acids is 2. The van der Waals surface area contributed by atoms with E-state index in [-0.39, 0.29) is 23.4 Å². The van der Waals surface area contributed by atoms with Crippen LogP contribution in [0.4, 0.5) is 9.93 Å². The molecule has 2 heterocycles. The molecule has 2 amide bonds. The summed E-state index contributed by atoms with van der Waals surface area (Å²) in [4.78, 5) is 42.3. The molecule has 1 aliphatic heterocycles. The molecule has 34 heavy (non-hydrogen) atoms. The third kappa shape index (κ3) is 4.26. The second-order valence-electron chi connectivity index (χ2n) is 7.92. The number of nitrogens with one attached hydrogen (secondary N) is 1. The van der Waals surface area contributed by atoms with E-state index in [4.69, 9.17) is 4.74 Å². The van der Waals surface area contributed by atoms with Crippen LogP contribution in [-0.2, 0) is 9.53 Å². The fourth-order valence-corrected chi connectivity index (χ4v) is 6.06. The lowest BCUT2D eigenvalue weighted by atomic mass is 9.98. The van der Waals surface area contributed by atoms with Crippen LogP contribution in [0, 0.1) is 0 Å². The summed E-state index contributed by atoms with van der Waals surface area (Å²) in [6.45, 7) is 0.510. The Labute approximate surface area is 204 Å².